The molecule has 1 unspecified atom stereocenters. The van der Waals surface area contributed by atoms with Gasteiger partial charge in [0.15, 0.2) is 9.84 Å². The van der Waals surface area contributed by atoms with E-state index in [1.165, 1.54) is 19.2 Å². The molecule has 0 fully saturated rings. The Morgan fingerprint density at radius 2 is 1.44 bits per heavy atom. The van der Waals surface area contributed by atoms with E-state index in [0.717, 1.165) is 10.5 Å². The third-order valence-electron chi connectivity index (χ3n) is 5.79. The summed E-state index contributed by atoms with van der Waals surface area (Å²) in [4.78, 5) is 26.7. The first-order chi connectivity index (χ1) is 18.5. The van der Waals surface area contributed by atoms with Crippen molar-refractivity contribution in [1.82, 2.24) is 4.90 Å². The van der Waals surface area contributed by atoms with Gasteiger partial charge in [-0.05, 0) is 48.2 Å². The maximum atomic E-state index is 13.5. The lowest BCUT2D eigenvalue weighted by Gasteiger charge is -2.26. The van der Waals surface area contributed by atoms with E-state index in [-0.39, 0.29) is 12.2 Å². The fourth-order valence-electron chi connectivity index (χ4n) is 3.94. The summed E-state index contributed by atoms with van der Waals surface area (Å²) >= 11 is 0. The van der Waals surface area contributed by atoms with Gasteiger partial charge in [-0.3, -0.25) is 14.3 Å². The summed E-state index contributed by atoms with van der Waals surface area (Å²) in [6.45, 7) is -0.123. The number of amides is 2. The molecule has 3 rings (SSSR count). The van der Waals surface area contributed by atoms with Crippen molar-refractivity contribution in [3.05, 3.63) is 96.1 Å². The van der Waals surface area contributed by atoms with Crippen LogP contribution in [0.25, 0.3) is 0 Å². The predicted octanol–water partition coefficient (Wildman–Crippen LogP) is 2.32. The van der Waals surface area contributed by atoms with Crippen molar-refractivity contribution in [3.63, 3.8) is 0 Å². The number of sulfone groups is 1. The zero-order valence-corrected chi connectivity index (χ0v) is 23.0. The van der Waals surface area contributed by atoms with Gasteiger partial charge in [-0.25, -0.2) is 16.8 Å². The highest BCUT2D eigenvalue weighted by atomic mass is 32.2. The summed E-state index contributed by atoms with van der Waals surface area (Å²) in [6, 6.07) is 23.4. The van der Waals surface area contributed by atoms with E-state index < -0.39 is 48.6 Å². The molecule has 3 N–H and O–H groups in total. The first kappa shape index (κ1) is 29.7. The number of nitrogens with zero attached hydrogens (tertiary/aromatic N) is 1. The summed E-state index contributed by atoms with van der Waals surface area (Å²) < 4.78 is 59.9. The zero-order valence-electron chi connectivity index (χ0n) is 21.4. The molecule has 0 heterocycles. The van der Waals surface area contributed by atoms with E-state index in [1.807, 2.05) is 30.3 Å². The van der Waals surface area contributed by atoms with Gasteiger partial charge in [0.05, 0.1) is 12.9 Å². The molecule has 0 aliphatic rings. The molecule has 1 atom stereocenters. The van der Waals surface area contributed by atoms with E-state index in [0.29, 0.717) is 24.2 Å². The van der Waals surface area contributed by atoms with Gasteiger partial charge < -0.3 is 15.4 Å². The first-order valence-electron chi connectivity index (χ1n) is 12.0. The number of carbonyl (C=O) groups excluding carboxylic acids is 2. The fourth-order valence-corrected chi connectivity index (χ4v) is 6.80. The van der Waals surface area contributed by atoms with Crippen LogP contribution in [0, 0.1) is 0 Å². The van der Waals surface area contributed by atoms with Crippen LogP contribution in [0.4, 0.5) is 5.69 Å². The number of anilines is 1. The minimum atomic E-state index is -4.41. The number of methoxy groups -OCH3 is 1. The average molecular weight is 574 g/mol. The van der Waals surface area contributed by atoms with Crippen molar-refractivity contribution in [1.29, 1.82) is 0 Å². The minimum Gasteiger partial charge on any atom is -0.497 e. The first-order valence-corrected chi connectivity index (χ1v) is 15.4. The van der Waals surface area contributed by atoms with Gasteiger partial charge in [0.2, 0.25) is 11.2 Å². The summed E-state index contributed by atoms with van der Waals surface area (Å²) in [7, 11) is -7.13. The molecule has 39 heavy (non-hydrogen) atoms. The van der Waals surface area contributed by atoms with Crippen LogP contribution in [0.5, 0.6) is 5.75 Å². The van der Waals surface area contributed by atoms with Crippen LogP contribution in [0.15, 0.2) is 84.9 Å². The van der Waals surface area contributed by atoms with Crippen molar-refractivity contribution in [2.75, 3.05) is 24.3 Å². The predicted molar refractivity (Wildman–Crippen MR) is 149 cm³/mol. The number of benzene rings is 3. The smallest absolute Gasteiger partial charge is 0.251 e. The van der Waals surface area contributed by atoms with Crippen molar-refractivity contribution in [3.8, 4) is 5.75 Å². The third kappa shape index (κ3) is 8.82. The number of nitrogens with two attached hydrogens (primary N) is 1. The molecule has 0 saturated heterocycles. The van der Waals surface area contributed by atoms with Gasteiger partial charge in [-0.1, -0.05) is 60.7 Å². The lowest BCUT2D eigenvalue weighted by molar-refractivity contribution is -0.133. The number of hydrogen-bond donors (Lipinski definition) is 2. The summed E-state index contributed by atoms with van der Waals surface area (Å²) in [5, 5.41) is -2.24. The second-order valence-corrected chi connectivity index (χ2v) is 12.6. The number of nitrogens with one attached hydrogen (secondary N) is 1. The Labute approximate surface area is 228 Å². The number of primary amides is 1. The second-order valence-electron chi connectivity index (χ2n) is 8.84. The molecule has 10 nitrogen and oxygen atoms in total. The molecule has 208 valence electrons. The standard InChI is InChI=1S/C27H31N3O7S2/c1-37-24-16-14-23(15-17-24)29-39(35,36)20-30(18-8-13-21-9-4-2-5-10-21)27(32)25(26(28)31)38(33,34)19-22-11-6-3-7-12-22/h2-7,9-12,14-17,25,29H,8,13,18-20H2,1H3,(H2,28,31). The van der Waals surface area contributed by atoms with Crippen LogP contribution in [-0.4, -0.2) is 58.3 Å². The molecule has 12 heteroatoms. The monoisotopic (exact) mass is 573 g/mol. The summed E-state index contributed by atoms with van der Waals surface area (Å²) in [6.07, 6.45) is 0.812. The van der Waals surface area contributed by atoms with Crippen LogP contribution < -0.4 is 15.2 Å². The molecular formula is C27H31N3O7S2. The third-order valence-corrected chi connectivity index (χ3v) is 8.88. The molecule has 0 spiro atoms. The van der Waals surface area contributed by atoms with Crippen molar-refractivity contribution in [2.24, 2.45) is 5.73 Å². The van der Waals surface area contributed by atoms with Gasteiger partial charge in [0, 0.05) is 12.2 Å². The van der Waals surface area contributed by atoms with E-state index in [1.54, 1.807) is 42.5 Å². The largest absolute Gasteiger partial charge is 0.497 e. The fraction of sp³-hybridized carbons (Fsp3) is 0.259. The summed E-state index contributed by atoms with van der Waals surface area (Å²) in [5.41, 5.74) is 6.94. The number of sulfonamides is 1. The number of rotatable bonds is 14. The number of ether oxygens (including phenoxy) is 1. The Bertz CT molecular complexity index is 1460. The SMILES string of the molecule is COc1ccc(NS(=O)(=O)CN(CCCc2ccccc2)C(=O)C(C(N)=O)S(=O)(=O)Cc2ccccc2)cc1. The second kappa shape index (κ2) is 13.3. The van der Waals surface area contributed by atoms with Gasteiger partial charge in [0.25, 0.3) is 15.9 Å². The average Bonchev–Trinajstić information content (AvgIpc) is 2.88. The minimum absolute atomic E-state index is 0.123. The number of aryl methyl sites for hydroxylation is 1. The quantitative estimate of drug-likeness (QED) is 0.281. The van der Waals surface area contributed by atoms with Gasteiger partial charge in [-0.2, -0.15) is 0 Å². The molecule has 0 radical (unpaired) electrons. The van der Waals surface area contributed by atoms with E-state index in [2.05, 4.69) is 4.72 Å². The molecule has 3 aromatic carbocycles. The molecule has 0 aromatic heterocycles. The molecule has 0 aliphatic heterocycles. The number of carbonyl (C=O) groups is 2. The molecule has 3 aromatic rings. The highest BCUT2D eigenvalue weighted by Gasteiger charge is 2.41. The van der Waals surface area contributed by atoms with Crippen LogP contribution in [0.3, 0.4) is 0 Å². The zero-order chi connectivity index (χ0) is 28.5. The normalized spacial score (nSPS) is 12.3. The van der Waals surface area contributed by atoms with Crippen molar-refractivity contribution in [2.45, 2.75) is 23.8 Å². The Morgan fingerprint density at radius 3 is 1.97 bits per heavy atom. The molecule has 2 amide bonds. The lowest BCUT2D eigenvalue weighted by atomic mass is 10.1. The van der Waals surface area contributed by atoms with Gasteiger partial charge in [0.1, 0.15) is 11.6 Å². The van der Waals surface area contributed by atoms with E-state index >= 15 is 0 Å². The Kier molecular flexibility index (Phi) is 10.1. The maximum absolute atomic E-state index is 13.5. The highest BCUT2D eigenvalue weighted by molar-refractivity contribution is 7.93. The Hall–Kier alpha value is -3.90. The molecule has 0 bridgehead atoms. The van der Waals surface area contributed by atoms with Crippen molar-refractivity contribution >= 4 is 37.4 Å². The summed E-state index contributed by atoms with van der Waals surface area (Å²) in [5.74, 6) is -3.53. The van der Waals surface area contributed by atoms with Gasteiger partial charge in [-0.15, -0.1) is 0 Å². The van der Waals surface area contributed by atoms with E-state index in [4.69, 9.17) is 10.5 Å². The van der Waals surface area contributed by atoms with Crippen molar-refractivity contribution < 1.29 is 31.2 Å². The molecule has 0 aliphatic carbocycles. The Morgan fingerprint density at radius 1 is 0.872 bits per heavy atom. The molecule has 0 saturated carbocycles. The topological polar surface area (TPSA) is 153 Å². The van der Waals surface area contributed by atoms with Crippen LogP contribution in [-0.2, 0) is 41.6 Å². The maximum Gasteiger partial charge on any atom is 0.251 e. The lowest BCUT2D eigenvalue weighted by Crippen LogP contribution is -2.52. The number of hydrogen-bond acceptors (Lipinski definition) is 7. The van der Waals surface area contributed by atoms with Crippen LogP contribution >= 0.6 is 0 Å². The molecular weight excluding hydrogens is 542 g/mol. The highest BCUT2D eigenvalue weighted by Crippen LogP contribution is 2.19. The van der Waals surface area contributed by atoms with Gasteiger partial charge >= 0.3 is 0 Å². The van der Waals surface area contributed by atoms with Crippen LogP contribution in [0.2, 0.25) is 0 Å². The Balaban J connectivity index is 1.85. The van der Waals surface area contributed by atoms with Crippen LogP contribution in [0.1, 0.15) is 17.5 Å². The van der Waals surface area contributed by atoms with E-state index in [9.17, 15) is 26.4 Å².